The first-order valence-corrected chi connectivity index (χ1v) is 7.16. The van der Waals surface area contributed by atoms with Gasteiger partial charge >= 0.3 is 18.1 Å². The molecule has 8 heteroatoms. The van der Waals surface area contributed by atoms with Crippen LogP contribution >= 0.6 is 0 Å². The van der Waals surface area contributed by atoms with Crippen LogP contribution in [0.1, 0.15) is 26.7 Å². The van der Waals surface area contributed by atoms with Gasteiger partial charge in [0, 0.05) is 32.2 Å². The summed E-state index contributed by atoms with van der Waals surface area (Å²) < 4.78 is 4.91. The maximum Gasteiger partial charge on any atom is 0.409 e. The molecule has 0 aromatic rings. The lowest BCUT2D eigenvalue weighted by Crippen LogP contribution is -2.54. The maximum atomic E-state index is 12.0. The highest BCUT2D eigenvalue weighted by Crippen LogP contribution is 2.06. The van der Waals surface area contributed by atoms with Crippen LogP contribution in [0.3, 0.4) is 0 Å². The van der Waals surface area contributed by atoms with Crippen LogP contribution < -0.4 is 5.32 Å². The smallest absolute Gasteiger partial charge is 0.409 e. The van der Waals surface area contributed by atoms with E-state index >= 15 is 0 Å². The van der Waals surface area contributed by atoms with Crippen LogP contribution in [0.15, 0.2) is 0 Å². The van der Waals surface area contributed by atoms with Crippen molar-refractivity contribution in [1.82, 2.24) is 15.1 Å². The fourth-order valence-electron chi connectivity index (χ4n) is 2.08. The first-order chi connectivity index (χ1) is 9.97. The number of carbonyl (C=O) groups is 3. The fraction of sp³-hybridized carbons (Fsp3) is 0.769. The number of carboxylic acids is 1. The molecule has 1 atom stereocenters. The van der Waals surface area contributed by atoms with Crippen LogP contribution in [0.25, 0.3) is 0 Å². The Morgan fingerprint density at radius 1 is 1.14 bits per heavy atom. The van der Waals surface area contributed by atoms with E-state index < -0.39 is 5.97 Å². The van der Waals surface area contributed by atoms with E-state index in [0.717, 1.165) is 0 Å². The van der Waals surface area contributed by atoms with E-state index in [9.17, 15) is 14.4 Å². The second kappa shape index (κ2) is 8.33. The highest BCUT2D eigenvalue weighted by molar-refractivity contribution is 5.76. The number of ether oxygens (including phenoxy) is 1. The molecule has 1 saturated heterocycles. The zero-order chi connectivity index (χ0) is 15.8. The summed E-state index contributed by atoms with van der Waals surface area (Å²) in [5, 5.41) is 11.5. The quantitative estimate of drug-likeness (QED) is 0.779. The Hall–Kier alpha value is -1.99. The predicted octanol–water partition coefficient (Wildman–Crippen LogP) is 0.723. The van der Waals surface area contributed by atoms with E-state index in [1.165, 1.54) is 0 Å². The standard InChI is InChI=1S/C13H23N3O5/c1-3-10(9-11(17)18)14-12(19)15-5-7-16(8-6-15)13(20)21-4-2/h10H,3-9H2,1-2H3,(H,14,19)(H,17,18). The van der Waals surface area contributed by atoms with Gasteiger partial charge in [-0.15, -0.1) is 0 Å². The summed E-state index contributed by atoms with van der Waals surface area (Å²) in [5.41, 5.74) is 0. The molecule has 1 heterocycles. The molecule has 21 heavy (non-hydrogen) atoms. The van der Waals surface area contributed by atoms with E-state index in [2.05, 4.69) is 5.32 Å². The number of aliphatic carboxylic acids is 1. The van der Waals surface area contributed by atoms with Gasteiger partial charge in [-0.05, 0) is 13.3 Å². The topological polar surface area (TPSA) is 99.2 Å². The second-order valence-corrected chi connectivity index (χ2v) is 4.83. The number of piperazine rings is 1. The number of urea groups is 1. The predicted molar refractivity (Wildman–Crippen MR) is 75.0 cm³/mol. The van der Waals surface area contributed by atoms with Crippen molar-refractivity contribution in [2.75, 3.05) is 32.8 Å². The van der Waals surface area contributed by atoms with Gasteiger partial charge < -0.3 is 25.0 Å². The Balaban J connectivity index is 2.40. The Kier molecular flexibility index (Phi) is 6.77. The Labute approximate surface area is 124 Å². The molecular formula is C13H23N3O5. The molecule has 0 aromatic carbocycles. The Morgan fingerprint density at radius 2 is 1.71 bits per heavy atom. The Morgan fingerprint density at radius 3 is 2.19 bits per heavy atom. The lowest BCUT2D eigenvalue weighted by atomic mass is 10.1. The molecule has 120 valence electrons. The van der Waals surface area contributed by atoms with Gasteiger partial charge in [0.1, 0.15) is 0 Å². The lowest BCUT2D eigenvalue weighted by molar-refractivity contribution is -0.137. The van der Waals surface area contributed by atoms with Crippen LogP contribution in [0, 0.1) is 0 Å². The summed E-state index contributed by atoms with van der Waals surface area (Å²) in [6.45, 7) is 5.56. The van der Waals surface area contributed by atoms with E-state index in [1.807, 2.05) is 6.92 Å². The van der Waals surface area contributed by atoms with Gasteiger partial charge in [-0.25, -0.2) is 9.59 Å². The summed E-state index contributed by atoms with van der Waals surface area (Å²) in [6.07, 6.45) is 0.0983. The Bertz CT molecular complexity index is 380. The summed E-state index contributed by atoms with van der Waals surface area (Å²) >= 11 is 0. The molecule has 1 unspecified atom stereocenters. The minimum absolute atomic E-state index is 0.0922. The van der Waals surface area contributed by atoms with Crippen LogP contribution in [0.5, 0.6) is 0 Å². The molecule has 0 bridgehead atoms. The minimum atomic E-state index is -0.936. The highest BCUT2D eigenvalue weighted by Gasteiger charge is 2.26. The average Bonchev–Trinajstić information content (AvgIpc) is 2.46. The third-order valence-corrected chi connectivity index (χ3v) is 3.33. The number of hydrogen-bond donors (Lipinski definition) is 2. The number of amides is 3. The van der Waals surface area contributed by atoms with Gasteiger partial charge in [0.2, 0.25) is 0 Å². The van der Waals surface area contributed by atoms with Crippen molar-refractivity contribution >= 4 is 18.1 Å². The summed E-state index contributed by atoms with van der Waals surface area (Å²) in [4.78, 5) is 37.4. The molecule has 3 amide bonds. The molecule has 1 rings (SSSR count). The third kappa shape index (κ3) is 5.49. The van der Waals surface area contributed by atoms with Gasteiger partial charge in [0.05, 0.1) is 13.0 Å². The third-order valence-electron chi connectivity index (χ3n) is 3.33. The van der Waals surface area contributed by atoms with Crippen LogP contribution in [0.2, 0.25) is 0 Å². The average molecular weight is 301 g/mol. The molecule has 0 aromatic heterocycles. The summed E-state index contributed by atoms with van der Waals surface area (Å²) in [6, 6.07) is -0.662. The number of nitrogens with zero attached hydrogens (tertiary/aromatic N) is 2. The van der Waals surface area contributed by atoms with Gasteiger partial charge in [0.25, 0.3) is 0 Å². The number of carbonyl (C=O) groups excluding carboxylic acids is 2. The maximum absolute atomic E-state index is 12.0. The van der Waals surface area contributed by atoms with Crippen LogP contribution in [-0.4, -0.2) is 71.8 Å². The van der Waals surface area contributed by atoms with Gasteiger partial charge in [-0.1, -0.05) is 6.92 Å². The molecule has 2 N–H and O–H groups in total. The van der Waals surface area contributed by atoms with Gasteiger partial charge in [-0.2, -0.15) is 0 Å². The zero-order valence-corrected chi connectivity index (χ0v) is 12.5. The van der Waals surface area contributed by atoms with Crippen molar-refractivity contribution in [2.24, 2.45) is 0 Å². The first kappa shape index (κ1) is 17.1. The van der Waals surface area contributed by atoms with Crippen LogP contribution in [0.4, 0.5) is 9.59 Å². The summed E-state index contributed by atoms with van der Waals surface area (Å²) in [5.74, 6) is -0.936. The lowest BCUT2D eigenvalue weighted by Gasteiger charge is -2.34. The number of hydrogen-bond acceptors (Lipinski definition) is 4. The van der Waals surface area contributed by atoms with Gasteiger partial charge in [-0.3, -0.25) is 4.79 Å². The molecule has 1 aliphatic heterocycles. The summed E-state index contributed by atoms with van der Waals surface area (Å²) in [7, 11) is 0. The molecule has 0 spiro atoms. The molecule has 0 saturated carbocycles. The highest BCUT2D eigenvalue weighted by atomic mass is 16.6. The minimum Gasteiger partial charge on any atom is -0.481 e. The monoisotopic (exact) mass is 301 g/mol. The van der Waals surface area contributed by atoms with Crippen molar-refractivity contribution in [2.45, 2.75) is 32.7 Å². The van der Waals surface area contributed by atoms with Crippen molar-refractivity contribution < 1.29 is 24.2 Å². The fourth-order valence-corrected chi connectivity index (χ4v) is 2.08. The number of carboxylic acid groups (broad SMARTS) is 1. The first-order valence-electron chi connectivity index (χ1n) is 7.16. The number of nitrogens with one attached hydrogen (secondary N) is 1. The van der Waals surface area contributed by atoms with Crippen LogP contribution in [-0.2, 0) is 9.53 Å². The van der Waals surface area contributed by atoms with Crippen molar-refractivity contribution in [3.8, 4) is 0 Å². The van der Waals surface area contributed by atoms with Crippen molar-refractivity contribution in [3.05, 3.63) is 0 Å². The van der Waals surface area contributed by atoms with Gasteiger partial charge in [0.15, 0.2) is 0 Å². The van der Waals surface area contributed by atoms with Crippen molar-refractivity contribution in [1.29, 1.82) is 0 Å². The van der Waals surface area contributed by atoms with E-state index in [0.29, 0.717) is 39.2 Å². The SMILES string of the molecule is CCOC(=O)N1CCN(C(=O)NC(CC)CC(=O)O)CC1. The normalized spacial score (nSPS) is 16.3. The molecule has 1 aliphatic rings. The molecular weight excluding hydrogens is 278 g/mol. The van der Waals surface area contributed by atoms with E-state index in [-0.39, 0.29) is 24.6 Å². The second-order valence-electron chi connectivity index (χ2n) is 4.83. The largest absolute Gasteiger partial charge is 0.481 e. The van der Waals surface area contributed by atoms with E-state index in [4.69, 9.17) is 9.84 Å². The zero-order valence-electron chi connectivity index (χ0n) is 12.5. The van der Waals surface area contributed by atoms with Crippen molar-refractivity contribution in [3.63, 3.8) is 0 Å². The molecule has 0 radical (unpaired) electrons. The van der Waals surface area contributed by atoms with E-state index in [1.54, 1.807) is 16.7 Å². The molecule has 8 nitrogen and oxygen atoms in total. The molecule has 0 aliphatic carbocycles. The molecule has 1 fully saturated rings. The number of rotatable bonds is 5.